The minimum absolute atomic E-state index is 0.206. The van der Waals surface area contributed by atoms with Crippen molar-refractivity contribution >= 4 is 15.9 Å². The van der Waals surface area contributed by atoms with Gasteiger partial charge in [0.25, 0.3) is 0 Å². The summed E-state index contributed by atoms with van der Waals surface area (Å²) in [7, 11) is 0. The molecule has 1 aromatic rings. The predicted molar refractivity (Wildman–Crippen MR) is 65.8 cm³/mol. The van der Waals surface area contributed by atoms with E-state index in [4.69, 9.17) is 0 Å². The van der Waals surface area contributed by atoms with Gasteiger partial charge in [0.15, 0.2) is 0 Å². The highest BCUT2D eigenvalue weighted by molar-refractivity contribution is 9.10. The molecule has 108 valence electrons. The van der Waals surface area contributed by atoms with Gasteiger partial charge in [-0.2, -0.15) is 13.2 Å². The zero-order valence-corrected chi connectivity index (χ0v) is 11.7. The van der Waals surface area contributed by atoms with Crippen LogP contribution in [0.2, 0.25) is 0 Å². The molecule has 0 bridgehead atoms. The van der Waals surface area contributed by atoms with E-state index in [-0.39, 0.29) is 10.0 Å². The third kappa shape index (κ3) is 5.06. The summed E-state index contributed by atoms with van der Waals surface area (Å²) < 4.78 is 64.3. The Labute approximate surface area is 116 Å². The van der Waals surface area contributed by atoms with E-state index < -0.39 is 36.7 Å². The highest BCUT2D eigenvalue weighted by Crippen LogP contribution is 2.31. The van der Waals surface area contributed by atoms with Crippen LogP contribution in [-0.2, 0) is 0 Å². The van der Waals surface area contributed by atoms with Crippen LogP contribution >= 0.6 is 15.9 Å². The van der Waals surface area contributed by atoms with Crippen molar-refractivity contribution in [3.8, 4) is 0 Å². The summed E-state index contributed by atoms with van der Waals surface area (Å²) in [6, 6.07) is 1.08. The molecule has 19 heavy (non-hydrogen) atoms. The van der Waals surface area contributed by atoms with Gasteiger partial charge < -0.3 is 5.32 Å². The van der Waals surface area contributed by atoms with E-state index in [9.17, 15) is 22.0 Å². The van der Waals surface area contributed by atoms with Crippen molar-refractivity contribution in [2.75, 3.05) is 6.54 Å². The van der Waals surface area contributed by atoms with Crippen LogP contribution < -0.4 is 5.32 Å². The van der Waals surface area contributed by atoms with E-state index in [0.717, 1.165) is 12.1 Å². The van der Waals surface area contributed by atoms with Crippen molar-refractivity contribution in [3.63, 3.8) is 0 Å². The van der Waals surface area contributed by atoms with Gasteiger partial charge >= 0.3 is 6.18 Å². The normalized spacial score (nSPS) is 13.6. The zero-order valence-electron chi connectivity index (χ0n) is 10.1. The molecule has 0 aliphatic rings. The Kier molecular flexibility index (Phi) is 5.73. The first kappa shape index (κ1) is 16.4. The van der Waals surface area contributed by atoms with Gasteiger partial charge in [0.2, 0.25) is 0 Å². The van der Waals surface area contributed by atoms with Crippen LogP contribution in [0.1, 0.15) is 31.4 Å². The lowest BCUT2D eigenvalue weighted by molar-refractivity contribution is -0.136. The summed E-state index contributed by atoms with van der Waals surface area (Å²) in [5.74, 6) is -1.72. The Hall–Kier alpha value is -0.690. The molecule has 0 heterocycles. The Balaban J connectivity index is 2.99. The molecule has 1 nitrogen and oxygen atoms in total. The largest absolute Gasteiger partial charge is 0.389 e. The molecule has 0 aromatic heterocycles. The van der Waals surface area contributed by atoms with Gasteiger partial charge in [-0.3, -0.25) is 0 Å². The molecule has 1 aromatic carbocycles. The second kappa shape index (κ2) is 6.65. The number of alkyl halides is 3. The lowest BCUT2D eigenvalue weighted by Crippen LogP contribution is -2.25. The Bertz CT molecular complexity index is 410. The Morgan fingerprint density at radius 2 is 1.74 bits per heavy atom. The molecule has 0 saturated carbocycles. The molecule has 1 rings (SSSR count). The summed E-state index contributed by atoms with van der Waals surface area (Å²) in [5.41, 5.74) is -0.352. The fourth-order valence-corrected chi connectivity index (χ4v) is 2.19. The van der Waals surface area contributed by atoms with Gasteiger partial charge in [0.05, 0.1) is 0 Å². The molecule has 0 radical (unpaired) electrons. The van der Waals surface area contributed by atoms with Crippen LogP contribution in [0.15, 0.2) is 16.6 Å². The van der Waals surface area contributed by atoms with Crippen molar-refractivity contribution in [2.24, 2.45) is 0 Å². The van der Waals surface area contributed by atoms with E-state index in [1.165, 1.54) is 0 Å². The number of halogens is 6. The molecule has 0 saturated heterocycles. The maximum atomic E-state index is 13.7. The summed E-state index contributed by atoms with van der Waals surface area (Å²) in [6.07, 6.45) is -5.86. The van der Waals surface area contributed by atoms with Crippen LogP contribution in [0, 0.1) is 11.6 Å². The fourth-order valence-electron chi connectivity index (χ4n) is 1.79. The highest BCUT2D eigenvalue weighted by Gasteiger charge is 2.30. The third-order valence-electron chi connectivity index (χ3n) is 2.56. The summed E-state index contributed by atoms with van der Waals surface area (Å²) in [6.45, 7) is 1.98. The van der Waals surface area contributed by atoms with Gasteiger partial charge in [-0.05, 0) is 25.1 Å². The first-order chi connectivity index (χ1) is 8.74. The molecule has 0 aliphatic heterocycles. The molecule has 0 spiro atoms. The minimum atomic E-state index is -4.35. The number of benzene rings is 1. The fraction of sp³-hybridized carbons (Fsp3) is 0.500. The van der Waals surface area contributed by atoms with E-state index in [1.54, 1.807) is 6.92 Å². The molecule has 1 N–H and O–H groups in total. The molecular weight excluding hydrogens is 333 g/mol. The number of hydrogen-bond donors (Lipinski definition) is 1. The van der Waals surface area contributed by atoms with E-state index >= 15 is 0 Å². The monoisotopic (exact) mass is 345 g/mol. The lowest BCUT2D eigenvalue weighted by atomic mass is 10.0. The standard InChI is InChI=1S/C12H13BrF5N/c1-2-19-10(3-4-12(16,17)18)11-8(14)5-7(13)6-9(11)15/h5-6,10,19H,2-4H2,1H3. The van der Waals surface area contributed by atoms with Gasteiger partial charge in [0, 0.05) is 22.5 Å². The Morgan fingerprint density at radius 1 is 1.21 bits per heavy atom. The summed E-state index contributed by atoms with van der Waals surface area (Å²) in [4.78, 5) is 0. The lowest BCUT2D eigenvalue weighted by Gasteiger charge is -2.20. The number of nitrogens with one attached hydrogen (secondary N) is 1. The molecule has 0 aliphatic carbocycles. The highest BCUT2D eigenvalue weighted by atomic mass is 79.9. The minimum Gasteiger partial charge on any atom is -0.310 e. The zero-order chi connectivity index (χ0) is 14.6. The molecule has 1 atom stereocenters. The van der Waals surface area contributed by atoms with Gasteiger partial charge in [-0.1, -0.05) is 22.9 Å². The van der Waals surface area contributed by atoms with Crippen molar-refractivity contribution in [1.29, 1.82) is 0 Å². The Morgan fingerprint density at radius 3 is 2.16 bits per heavy atom. The summed E-state index contributed by atoms with van der Waals surface area (Å²) in [5, 5.41) is 2.68. The van der Waals surface area contributed by atoms with Crippen LogP contribution in [-0.4, -0.2) is 12.7 Å². The second-order valence-electron chi connectivity index (χ2n) is 4.05. The molecule has 0 amide bonds. The molecule has 1 unspecified atom stereocenters. The summed E-state index contributed by atoms with van der Waals surface area (Å²) >= 11 is 2.93. The molecule has 7 heteroatoms. The predicted octanol–water partition coefficient (Wildman–Crippen LogP) is 4.72. The first-order valence-corrected chi connectivity index (χ1v) is 6.48. The van der Waals surface area contributed by atoms with Gasteiger partial charge in [-0.25, -0.2) is 8.78 Å². The van der Waals surface area contributed by atoms with E-state index in [2.05, 4.69) is 21.2 Å². The van der Waals surface area contributed by atoms with Crippen molar-refractivity contribution in [2.45, 2.75) is 32.0 Å². The van der Waals surface area contributed by atoms with E-state index in [0.29, 0.717) is 6.54 Å². The van der Waals surface area contributed by atoms with Crippen LogP contribution in [0.5, 0.6) is 0 Å². The average Bonchev–Trinajstić information content (AvgIpc) is 2.23. The maximum absolute atomic E-state index is 13.7. The third-order valence-corrected chi connectivity index (χ3v) is 3.02. The van der Waals surface area contributed by atoms with Crippen LogP contribution in [0.3, 0.4) is 0 Å². The van der Waals surface area contributed by atoms with Gasteiger partial charge in [0.1, 0.15) is 11.6 Å². The topological polar surface area (TPSA) is 12.0 Å². The maximum Gasteiger partial charge on any atom is 0.389 e. The molecule has 0 fully saturated rings. The average molecular weight is 346 g/mol. The molecular formula is C12H13BrF5N. The first-order valence-electron chi connectivity index (χ1n) is 5.69. The van der Waals surface area contributed by atoms with Crippen LogP contribution in [0.25, 0.3) is 0 Å². The second-order valence-corrected chi connectivity index (χ2v) is 4.96. The number of rotatable bonds is 5. The quantitative estimate of drug-likeness (QED) is 0.761. The van der Waals surface area contributed by atoms with Crippen molar-refractivity contribution in [3.05, 3.63) is 33.8 Å². The van der Waals surface area contributed by atoms with E-state index in [1.807, 2.05) is 0 Å². The van der Waals surface area contributed by atoms with Crippen molar-refractivity contribution in [1.82, 2.24) is 5.32 Å². The number of hydrogen-bond acceptors (Lipinski definition) is 1. The van der Waals surface area contributed by atoms with Crippen LogP contribution in [0.4, 0.5) is 22.0 Å². The SMILES string of the molecule is CCNC(CCC(F)(F)F)c1c(F)cc(Br)cc1F. The smallest absolute Gasteiger partial charge is 0.310 e. The van der Waals surface area contributed by atoms with Crippen molar-refractivity contribution < 1.29 is 22.0 Å². The van der Waals surface area contributed by atoms with Gasteiger partial charge in [-0.15, -0.1) is 0 Å².